The van der Waals surface area contributed by atoms with Gasteiger partial charge < -0.3 is 0 Å². The zero-order valence-electron chi connectivity index (χ0n) is 12.4. The smallest absolute Gasteiger partial charge is 0.263 e. The van der Waals surface area contributed by atoms with Crippen LogP contribution >= 0.6 is 11.6 Å². The molecule has 1 aromatic heterocycles. The van der Waals surface area contributed by atoms with Crippen molar-refractivity contribution in [3.05, 3.63) is 77.2 Å². The molecular weight excluding hydrogens is 353 g/mol. The first-order valence-electron chi connectivity index (χ1n) is 6.99. The minimum atomic E-state index is -3.76. The molecule has 0 amide bonds. The van der Waals surface area contributed by atoms with E-state index in [9.17, 15) is 12.8 Å². The van der Waals surface area contributed by atoms with E-state index < -0.39 is 10.0 Å². The zero-order chi connectivity index (χ0) is 17.2. The number of anilines is 1. The number of halogens is 2. The number of benzene rings is 2. The van der Waals surface area contributed by atoms with Crippen LogP contribution in [0.15, 0.2) is 65.7 Å². The van der Waals surface area contributed by atoms with Crippen molar-refractivity contribution in [1.82, 2.24) is 9.78 Å². The fraction of sp³-hybridized carbons (Fsp3) is 0.0625. The number of hydrogen-bond acceptors (Lipinski definition) is 3. The Hall–Kier alpha value is -2.38. The van der Waals surface area contributed by atoms with Gasteiger partial charge in [0.1, 0.15) is 5.82 Å². The second kappa shape index (κ2) is 6.62. The normalized spacial score (nSPS) is 11.4. The van der Waals surface area contributed by atoms with Crippen molar-refractivity contribution in [2.24, 2.45) is 0 Å². The Morgan fingerprint density at radius 2 is 1.79 bits per heavy atom. The van der Waals surface area contributed by atoms with Crippen molar-refractivity contribution in [3.63, 3.8) is 0 Å². The summed E-state index contributed by atoms with van der Waals surface area (Å²) < 4.78 is 42.0. The van der Waals surface area contributed by atoms with Gasteiger partial charge in [-0.15, -0.1) is 0 Å². The molecule has 24 heavy (non-hydrogen) atoms. The van der Waals surface area contributed by atoms with Gasteiger partial charge in [0, 0.05) is 22.8 Å². The second-order valence-corrected chi connectivity index (χ2v) is 7.17. The lowest BCUT2D eigenvalue weighted by Crippen LogP contribution is -2.13. The Balaban J connectivity index is 1.76. The Morgan fingerprint density at radius 1 is 1.08 bits per heavy atom. The van der Waals surface area contributed by atoms with Crippen LogP contribution in [0.4, 0.5) is 10.2 Å². The Morgan fingerprint density at radius 3 is 2.50 bits per heavy atom. The van der Waals surface area contributed by atoms with E-state index in [0.717, 1.165) is 0 Å². The van der Waals surface area contributed by atoms with Crippen molar-refractivity contribution in [2.75, 3.05) is 4.72 Å². The average molecular weight is 366 g/mol. The van der Waals surface area contributed by atoms with Crippen molar-refractivity contribution in [2.45, 2.75) is 11.4 Å². The summed E-state index contributed by atoms with van der Waals surface area (Å²) in [5, 5.41) is 4.56. The molecule has 0 radical (unpaired) electrons. The highest BCUT2D eigenvalue weighted by Crippen LogP contribution is 2.17. The highest BCUT2D eigenvalue weighted by atomic mass is 35.5. The van der Waals surface area contributed by atoms with Crippen LogP contribution in [-0.2, 0) is 16.6 Å². The lowest BCUT2D eigenvalue weighted by Gasteiger charge is -2.06. The number of nitrogens with one attached hydrogen (secondary N) is 1. The van der Waals surface area contributed by atoms with E-state index in [-0.39, 0.29) is 23.1 Å². The van der Waals surface area contributed by atoms with Gasteiger partial charge in [0.2, 0.25) is 0 Å². The first kappa shape index (κ1) is 16.5. The number of sulfonamides is 1. The van der Waals surface area contributed by atoms with Crippen LogP contribution in [0.1, 0.15) is 5.56 Å². The third-order valence-electron chi connectivity index (χ3n) is 3.29. The molecule has 3 aromatic rings. The lowest BCUT2D eigenvalue weighted by atomic mass is 10.2. The molecule has 0 aliphatic carbocycles. The molecule has 0 saturated carbocycles. The molecule has 5 nitrogen and oxygen atoms in total. The number of hydrogen-bond donors (Lipinski definition) is 1. The van der Waals surface area contributed by atoms with Crippen molar-refractivity contribution in [1.29, 1.82) is 0 Å². The van der Waals surface area contributed by atoms with E-state index in [2.05, 4.69) is 9.82 Å². The van der Waals surface area contributed by atoms with E-state index in [1.165, 1.54) is 41.1 Å². The van der Waals surface area contributed by atoms with Crippen molar-refractivity contribution < 1.29 is 12.8 Å². The van der Waals surface area contributed by atoms with Crippen LogP contribution in [0.3, 0.4) is 0 Å². The topological polar surface area (TPSA) is 64.0 Å². The molecule has 0 aliphatic rings. The van der Waals surface area contributed by atoms with Gasteiger partial charge in [0.05, 0.1) is 11.4 Å². The Labute approximate surface area is 143 Å². The predicted octanol–water partition coefficient (Wildman–Crippen LogP) is 3.52. The molecule has 0 aliphatic heterocycles. The van der Waals surface area contributed by atoms with E-state index in [0.29, 0.717) is 10.6 Å². The van der Waals surface area contributed by atoms with Crippen molar-refractivity contribution >= 4 is 27.4 Å². The predicted molar refractivity (Wildman–Crippen MR) is 90.0 cm³/mol. The number of nitrogens with zero attached hydrogens (tertiary/aromatic N) is 2. The Kier molecular flexibility index (Phi) is 4.55. The largest absolute Gasteiger partial charge is 0.266 e. The quantitative estimate of drug-likeness (QED) is 0.752. The molecule has 0 spiro atoms. The standard InChI is InChI=1S/C16H13ClFN3O2S/c17-13-5-7-14(8-6-13)24(22,23)20-16-9-10-21(19-16)11-12-3-1-2-4-15(12)18/h1-10H,11H2,(H,19,20). The van der Waals surface area contributed by atoms with Gasteiger partial charge in [-0.2, -0.15) is 5.10 Å². The summed E-state index contributed by atoms with van der Waals surface area (Å²) in [6.07, 6.45) is 1.58. The molecule has 1 heterocycles. The van der Waals surface area contributed by atoms with E-state index in [1.807, 2.05) is 0 Å². The fourth-order valence-corrected chi connectivity index (χ4v) is 3.24. The lowest BCUT2D eigenvalue weighted by molar-refractivity contribution is 0.585. The highest BCUT2D eigenvalue weighted by Gasteiger charge is 2.15. The summed E-state index contributed by atoms with van der Waals surface area (Å²) in [5.41, 5.74) is 0.465. The van der Waals surface area contributed by atoms with Crippen LogP contribution in [0.5, 0.6) is 0 Å². The molecular formula is C16H13ClFN3O2S. The van der Waals surface area contributed by atoms with Crippen LogP contribution in [0.2, 0.25) is 5.02 Å². The molecule has 1 N–H and O–H groups in total. The summed E-state index contributed by atoms with van der Waals surface area (Å²) >= 11 is 5.75. The van der Waals surface area contributed by atoms with Gasteiger partial charge in [-0.1, -0.05) is 29.8 Å². The molecule has 0 bridgehead atoms. The minimum absolute atomic E-state index is 0.0792. The van der Waals surface area contributed by atoms with Crippen LogP contribution in [-0.4, -0.2) is 18.2 Å². The third kappa shape index (κ3) is 3.74. The van der Waals surface area contributed by atoms with E-state index >= 15 is 0 Å². The summed E-state index contributed by atoms with van der Waals surface area (Å²) in [6, 6.07) is 13.6. The summed E-state index contributed by atoms with van der Waals surface area (Å²) in [5.74, 6) is -0.183. The number of rotatable bonds is 5. The number of aromatic nitrogens is 2. The van der Waals surface area contributed by atoms with Crippen molar-refractivity contribution in [3.8, 4) is 0 Å². The maximum atomic E-state index is 13.6. The monoisotopic (exact) mass is 365 g/mol. The van der Waals surface area contributed by atoms with Crippen LogP contribution < -0.4 is 4.72 Å². The van der Waals surface area contributed by atoms with E-state index in [1.54, 1.807) is 24.4 Å². The molecule has 3 rings (SSSR count). The van der Waals surface area contributed by atoms with Gasteiger partial charge in [-0.25, -0.2) is 12.8 Å². The fourth-order valence-electron chi connectivity index (χ4n) is 2.12. The first-order chi connectivity index (χ1) is 11.4. The summed E-state index contributed by atoms with van der Waals surface area (Å²) in [6.45, 7) is 0.204. The molecule has 0 saturated heterocycles. The summed E-state index contributed by atoms with van der Waals surface area (Å²) in [7, 11) is -3.76. The molecule has 2 aromatic carbocycles. The average Bonchev–Trinajstić information content (AvgIpc) is 2.96. The molecule has 124 valence electrons. The summed E-state index contributed by atoms with van der Waals surface area (Å²) in [4.78, 5) is 0.0792. The minimum Gasteiger partial charge on any atom is -0.266 e. The van der Waals surface area contributed by atoms with Gasteiger partial charge in [0.25, 0.3) is 10.0 Å². The van der Waals surface area contributed by atoms with Crippen LogP contribution in [0.25, 0.3) is 0 Å². The van der Waals surface area contributed by atoms with Gasteiger partial charge in [-0.3, -0.25) is 9.40 Å². The maximum Gasteiger partial charge on any atom is 0.263 e. The first-order valence-corrected chi connectivity index (χ1v) is 8.85. The highest BCUT2D eigenvalue weighted by molar-refractivity contribution is 7.92. The zero-order valence-corrected chi connectivity index (χ0v) is 13.9. The van der Waals surface area contributed by atoms with Crippen LogP contribution in [0, 0.1) is 5.82 Å². The molecule has 0 atom stereocenters. The second-order valence-electron chi connectivity index (χ2n) is 5.05. The van der Waals surface area contributed by atoms with E-state index in [4.69, 9.17) is 11.6 Å². The van der Waals surface area contributed by atoms with Gasteiger partial charge in [0.15, 0.2) is 5.82 Å². The van der Waals surface area contributed by atoms with Gasteiger partial charge >= 0.3 is 0 Å². The Bertz CT molecular complexity index is 955. The third-order valence-corrected chi connectivity index (χ3v) is 4.92. The SMILES string of the molecule is O=S(=O)(Nc1ccn(Cc2ccccc2F)n1)c1ccc(Cl)cc1. The molecule has 0 fully saturated rings. The maximum absolute atomic E-state index is 13.6. The van der Waals surface area contributed by atoms with Gasteiger partial charge in [-0.05, 0) is 30.3 Å². The molecule has 8 heteroatoms. The molecule has 0 unspecified atom stereocenters.